The fraction of sp³-hybridized carbons (Fsp3) is 0.423. The molecule has 1 atom stereocenters. The Balaban J connectivity index is 2.11. The lowest BCUT2D eigenvalue weighted by Crippen LogP contribution is -2.69. The number of carbonyl (C=O) groups is 3. The molecule has 2 rings (SSSR count). The van der Waals surface area contributed by atoms with Crippen molar-refractivity contribution in [2.75, 3.05) is 20.2 Å². The molecule has 0 aliphatic rings. The predicted octanol–water partition coefficient (Wildman–Crippen LogP) is 2.93. The summed E-state index contributed by atoms with van der Waals surface area (Å²) in [5, 5.41) is 8.10. The summed E-state index contributed by atoms with van der Waals surface area (Å²) in [6.45, 7) is 6.92. The van der Waals surface area contributed by atoms with Crippen LogP contribution in [0.1, 0.15) is 47.8 Å². The summed E-state index contributed by atoms with van der Waals surface area (Å²) in [6.07, 6.45) is -4.61. The molecule has 2 aromatic carbocycles. The minimum Gasteiger partial charge on any atom is -0.497 e. The standard InChI is InChI=1S/C26H33F3N4O4/c1-16-11-20(37-5)10-9-18(16)13-31-15-25(23(30)36,24(2,3)4)33-21(34)14-32-22(35)17-7-6-8-19(12-17)26(27,28)29/h6-12,31H,13-15H2,1-5H3,(H2,30,36)(H,32,35)(H,33,34). The fourth-order valence-corrected chi connectivity index (χ4v) is 3.78. The van der Waals surface area contributed by atoms with E-state index in [9.17, 15) is 27.6 Å². The highest BCUT2D eigenvalue weighted by molar-refractivity contribution is 5.98. The van der Waals surface area contributed by atoms with Crippen LogP contribution in [0.3, 0.4) is 0 Å². The lowest BCUT2D eigenvalue weighted by molar-refractivity contribution is -0.137. The lowest BCUT2D eigenvalue weighted by Gasteiger charge is -2.43. The molecule has 202 valence electrons. The van der Waals surface area contributed by atoms with Crippen molar-refractivity contribution in [3.63, 3.8) is 0 Å². The molecule has 0 spiro atoms. The van der Waals surface area contributed by atoms with Crippen LogP contribution in [0.15, 0.2) is 42.5 Å². The Hall–Kier alpha value is -3.60. The Morgan fingerprint density at radius 2 is 1.70 bits per heavy atom. The van der Waals surface area contributed by atoms with E-state index >= 15 is 0 Å². The molecule has 0 saturated heterocycles. The molecule has 0 aliphatic heterocycles. The number of aryl methyl sites for hydroxylation is 1. The average Bonchev–Trinajstić information content (AvgIpc) is 2.81. The lowest BCUT2D eigenvalue weighted by atomic mass is 9.72. The number of nitrogens with two attached hydrogens (primary N) is 1. The van der Waals surface area contributed by atoms with Crippen molar-refractivity contribution in [3.05, 3.63) is 64.7 Å². The normalized spacial score (nSPS) is 13.4. The molecule has 0 fully saturated rings. The molecule has 2 aromatic rings. The fourth-order valence-electron chi connectivity index (χ4n) is 3.78. The number of amides is 3. The third-order valence-electron chi connectivity index (χ3n) is 6.17. The van der Waals surface area contributed by atoms with E-state index in [4.69, 9.17) is 10.5 Å². The Morgan fingerprint density at radius 1 is 1.03 bits per heavy atom. The van der Waals surface area contributed by atoms with Crippen molar-refractivity contribution >= 4 is 17.7 Å². The monoisotopic (exact) mass is 522 g/mol. The van der Waals surface area contributed by atoms with Crippen molar-refractivity contribution in [2.24, 2.45) is 11.1 Å². The molecular formula is C26H33F3N4O4. The highest BCUT2D eigenvalue weighted by Crippen LogP contribution is 2.31. The van der Waals surface area contributed by atoms with Crippen LogP contribution in [-0.2, 0) is 22.3 Å². The Morgan fingerprint density at radius 3 is 2.24 bits per heavy atom. The van der Waals surface area contributed by atoms with Gasteiger partial charge in [-0.25, -0.2) is 0 Å². The number of primary amides is 1. The topological polar surface area (TPSA) is 123 Å². The summed E-state index contributed by atoms with van der Waals surface area (Å²) >= 11 is 0. The summed E-state index contributed by atoms with van der Waals surface area (Å²) in [7, 11) is 1.57. The molecule has 3 amide bonds. The Kier molecular flexibility index (Phi) is 9.32. The molecule has 1 unspecified atom stereocenters. The molecule has 0 heterocycles. The van der Waals surface area contributed by atoms with Crippen molar-refractivity contribution in [1.82, 2.24) is 16.0 Å². The van der Waals surface area contributed by atoms with Gasteiger partial charge in [0.05, 0.1) is 19.2 Å². The number of alkyl halides is 3. The van der Waals surface area contributed by atoms with Gasteiger partial charge in [0.15, 0.2) is 0 Å². The quantitative estimate of drug-likeness (QED) is 0.382. The number of carbonyl (C=O) groups excluding carboxylic acids is 3. The van der Waals surface area contributed by atoms with Crippen molar-refractivity contribution in [1.29, 1.82) is 0 Å². The minimum absolute atomic E-state index is 0.00931. The number of hydrogen-bond acceptors (Lipinski definition) is 5. The Labute approximate surface area is 214 Å². The molecule has 11 heteroatoms. The third kappa shape index (κ3) is 7.45. The van der Waals surface area contributed by atoms with E-state index < -0.39 is 47.0 Å². The minimum atomic E-state index is -4.61. The number of methoxy groups -OCH3 is 1. The number of hydrogen-bond donors (Lipinski definition) is 4. The highest BCUT2D eigenvalue weighted by Gasteiger charge is 2.48. The molecule has 8 nitrogen and oxygen atoms in total. The largest absolute Gasteiger partial charge is 0.497 e. The summed E-state index contributed by atoms with van der Waals surface area (Å²) < 4.78 is 44.0. The van der Waals surface area contributed by atoms with Gasteiger partial charge in [-0.3, -0.25) is 14.4 Å². The van der Waals surface area contributed by atoms with Crippen LogP contribution in [0.4, 0.5) is 13.2 Å². The molecule has 5 N–H and O–H groups in total. The van der Waals surface area contributed by atoms with Crippen molar-refractivity contribution in [2.45, 2.75) is 46.0 Å². The summed E-state index contributed by atoms with van der Waals surface area (Å²) in [4.78, 5) is 37.8. The third-order valence-corrected chi connectivity index (χ3v) is 6.17. The van der Waals surface area contributed by atoms with Crippen LogP contribution in [0.5, 0.6) is 5.75 Å². The van der Waals surface area contributed by atoms with Crippen LogP contribution in [0, 0.1) is 12.3 Å². The maximum atomic E-state index is 12.9. The van der Waals surface area contributed by atoms with Gasteiger partial charge in [0, 0.05) is 18.7 Å². The van der Waals surface area contributed by atoms with E-state index in [-0.39, 0.29) is 12.1 Å². The second-order valence-electron chi connectivity index (χ2n) is 9.72. The van der Waals surface area contributed by atoms with E-state index in [0.717, 1.165) is 23.3 Å². The van der Waals surface area contributed by atoms with Gasteiger partial charge in [-0.1, -0.05) is 32.9 Å². The predicted molar refractivity (Wildman–Crippen MR) is 133 cm³/mol. The van der Waals surface area contributed by atoms with Gasteiger partial charge < -0.3 is 26.4 Å². The van der Waals surface area contributed by atoms with Gasteiger partial charge in [-0.15, -0.1) is 0 Å². The van der Waals surface area contributed by atoms with Crippen LogP contribution < -0.4 is 26.4 Å². The van der Waals surface area contributed by atoms with Gasteiger partial charge >= 0.3 is 6.18 Å². The zero-order valence-corrected chi connectivity index (χ0v) is 21.5. The average molecular weight is 523 g/mol. The number of ether oxygens (including phenoxy) is 1. The van der Waals surface area contributed by atoms with E-state index in [0.29, 0.717) is 18.4 Å². The van der Waals surface area contributed by atoms with E-state index in [1.165, 1.54) is 6.07 Å². The summed E-state index contributed by atoms with van der Waals surface area (Å²) in [5.74, 6) is -1.66. The first-order valence-electron chi connectivity index (χ1n) is 11.5. The summed E-state index contributed by atoms with van der Waals surface area (Å²) in [5.41, 5.74) is 4.07. The summed E-state index contributed by atoms with van der Waals surface area (Å²) in [6, 6.07) is 9.41. The maximum Gasteiger partial charge on any atom is 0.416 e. The van der Waals surface area contributed by atoms with Gasteiger partial charge in [-0.05, 0) is 53.8 Å². The number of rotatable bonds is 10. The number of nitrogens with one attached hydrogen (secondary N) is 3. The van der Waals surface area contributed by atoms with Crippen molar-refractivity contribution in [3.8, 4) is 5.75 Å². The van der Waals surface area contributed by atoms with Crippen LogP contribution in [-0.4, -0.2) is 43.5 Å². The molecule has 0 bridgehead atoms. The van der Waals surface area contributed by atoms with Crippen LogP contribution in [0.25, 0.3) is 0 Å². The van der Waals surface area contributed by atoms with Gasteiger partial charge in [0.2, 0.25) is 11.8 Å². The van der Waals surface area contributed by atoms with Crippen molar-refractivity contribution < 1.29 is 32.3 Å². The zero-order valence-electron chi connectivity index (χ0n) is 21.5. The second-order valence-corrected chi connectivity index (χ2v) is 9.72. The van der Waals surface area contributed by atoms with Gasteiger partial charge in [-0.2, -0.15) is 13.2 Å². The smallest absolute Gasteiger partial charge is 0.416 e. The zero-order chi connectivity index (χ0) is 28.0. The van der Waals surface area contributed by atoms with Crippen LogP contribution >= 0.6 is 0 Å². The Bertz CT molecular complexity index is 1150. The maximum absolute atomic E-state index is 12.9. The highest BCUT2D eigenvalue weighted by atomic mass is 19.4. The number of benzene rings is 2. The van der Waals surface area contributed by atoms with Gasteiger partial charge in [0.1, 0.15) is 11.3 Å². The molecule has 0 aromatic heterocycles. The van der Waals surface area contributed by atoms with E-state index in [1.807, 2.05) is 25.1 Å². The molecule has 37 heavy (non-hydrogen) atoms. The van der Waals surface area contributed by atoms with E-state index in [1.54, 1.807) is 27.9 Å². The molecule has 0 aliphatic carbocycles. The van der Waals surface area contributed by atoms with Gasteiger partial charge in [0.25, 0.3) is 5.91 Å². The second kappa shape index (κ2) is 11.6. The van der Waals surface area contributed by atoms with Crippen LogP contribution in [0.2, 0.25) is 0 Å². The van der Waals surface area contributed by atoms with E-state index in [2.05, 4.69) is 16.0 Å². The first kappa shape index (κ1) is 29.6. The first-order chi connectivity index (χ1) is 17.1. The first-order valence-corrected chi connectivity index (χ1v) is 11.5. The molecule has 0 saturated carbocycles. The molecular weight excluding hydrogens is 489 g/mol. The SMILES string of the molecule is COc1ccc(CNCC(NC(=O)CNC(=O)c2cccc(C(F)(F)F)c2)(C(N)=O)C(C)(C)C)c(C)c1. The number of halogens is 3. The molecule has 0 radical (unpaired) electrons.